The second-order valence-corrected chi connectivity index (χ2v) is 6.05. The topological polar surface area (TPSA) is 80.3 Å². The normalized spacial score (nSPS) is 10.1. The van der Waals surface area contributed by atoms with Crippen LogP contribution in [0.5, 0.6) is 0 Å². The zero-order valence-electron chi connectivity index (χ0n) is 14.4. The molecule has 3 rings (SSSR count). The van der Waals surface area contributed by atoms with E-state index < -0.39 is 5.97 Å². The fraction of sp³-hybridized carbons (Fsp3) is 0.0500. The number of carbonyl (C=O) groups is 2. The molecule has 6 nitrogen and oxygen atoms in total. The SMILES string of the molecule is COC(=O)c1ccc(NC(=O)c2cncc(Nc3ccc(Cl)cc3)c2)cc1. The Kier molecular flexibility index (Phi) is 5.68. The lowest BCUT2D eigenvalue weighted by atomic mass is 10.2. The van der Waals surface area contributed by atoms with Gasteiger partial charge >= 0.3 is 5.97 Å². The van der Waals surface area contributed by atoms with Gasteiger partial charge < -0.3 is 15.4 Å². The van der Waals surface area contributed by atoms with Crippen molar-refractivity contribution < 1.29 is 14.3 Å². The second kappa shape index (κ2) is 8.33. The number of nitrogens with one attached hydrogen (secondary N) is 2. The molecule has 27 heavy (non-hydrogen) atoms. The number of rotatable bonds is 5. The Labute approximate surface area is 161 Å². The lowest BCUT2D eigenvalue weighted by molar-refractivity contribution is 0.0600. The lowest BCUT2D eigenvalue weighted by Crippen LogP contribution is -2.12. The molecule has 0 fully saturated rings. The number of aromatic nitrogens is 1. The van der Waals surface area contributed by atoms with Crippen molar-refractivity contribution in [3.8, 4) is 0 Å². The van der Waals surface area contributed by atoms with E-state index in [1.54, 1.807) is 48.7 Å². The summed E-state index contributed by atoms with van der Waals surface area (Å²) in [6.45, 7) is 0. The van der Waals surface area contributed by atoms with Gasteiger partial charge in [0.2, 0.25) is 0 Å². The van der Waals surface area contributed by atoms with Crippen molar-refractivity contribution in [3.05, 3.63) is 83.1 Å². The lowest BCUT2D eigenvalue weighted by Gasteiger charge is -2.09. The van der Waals surface area contributed by atoms with E-state index in [0.717, 1.165) is 5.69 Å². The molecule has 1 amide bonds. The van der Waals surface area contributed by atoms with Crippen molar-refractivity contribution in [2.45, 2.75) is 0 Å². The number of ether oxygens (including phenoxy) is 1. The third-order valence-corrected chi connectivity index (χ3v) is 3.95. The van der Waals surface area contributed by atoms with Crippen LogP contribution < -0.4 is 10.6 Å². The molecular weight excluding hydrogens is 366 g/mol. The number of halogens is 1. The average molecular weight is 382 g/mol. The summed E-state index contributed by atoms with van der Waals surface area (Å²) in [6.07, 6.45) is 3.10. The quantitative estimate of drug-likeness (QED) is 0.635. The first-order valence-corrected chi connectivity index (χ1v) is 8.40. The zero-order chi connectivity index (χ0) is 19.2. The number of amides is 1. The van der Waals surface area contributed by atoms with Crippen LogP contribution in [-0.2, 0) is 4.74 Å². The summed E-state index contributed by atoms with van der Waals surface area (Å²) in [4.78, 5) is 28.0. The Morgan fingerprint density at radius 2 is 1.56 bits per heavy atom. The number of hydrogen-bond donors (Lipinski definition) is 2. The highest BCUT2D eigenvalue weighted by Gasteiger charge is 2.09. The summed E-state index contributed by atoms with van der Waals surface area (Å²) < 4.78 is 4.65. The first-order chi connectivity index (χ1) is 13.0. The summed E-state index contributed by atoms with van der Waals surface area (Å²) in [5.74, 6) is -0.744. The molecule has 0 spiro atoms. The maximum absolute atomic E-state index is 12.5. The van der Waals surface area contributed by atoms with Crippen LogP contribution in [0.3, 0.4) is 0 Å². The second-order valence-electron chi connectivity index (χ2n) is 5.62. The van der Waals surface area contributed by atoms with E-state index in [2.05, 4.69) is 20.4 Å². The molecule has 0 unspecified atom stereocenters. The van der Waals surface area contributed by atoms with E-state index >= 15 is 0 Å². The summed E-state index contributed by atoms with van der Waals surface area (Å²) in [5.41, 5.74) is 2.87. The molecule has 0 aliphatic rings. The molecule has 7 heteroatoms. The first kappa shape index (κ1) is 18.4. The summed E-state index contributed by atoms with van der Waals surface area (Å²) in [5, 5.41) is 6.57. The van der Waals surface area contributed by atoms with Crippen molar-refractivity contribution in [3.63, 3.8) is 0 Å². The minimum Gasteiger partial charge on any atom is -0.465 e. The molecule has 136 valence electrons. The Bertz CT molecular complexity index is 957. The minimum atomic E-state index is -0.432. The molecule has 0 aliphatic carbocycles. The fourth-order valence-electron chi connectivity index (χ4n) is 2.34. The van der Waals surface area contributed by atoms with Crippen molar-refractivity contribution in [2.75, 3.05) is 17.7 Å². The molecule has 1 aromatic heterocycles. The van der Waals surface area contributed by atoms with Crippen LogP contribution in [-0.4, -0.2) is 24.0 Å². The zero-order valence-corrected chi connectivity index (χ0v) is 15.2. The van der Waals surface area contributed by atoms with Gasteiger partial charge in [-0.15, -0.1) is 0 Å². The molecule has 3 aromatic rings. The van der Waals surface area contributed by atoms with Crippen molar-refractivity contribution >= 4 is 40.5 Å². The minimum absolute atomic E-state index is 0.312. The molecular formula is C20H16ClN3O3. The van der Waals surface area contributed by atoms with Crippen molar-refractivity contribution in [2.24, 2.45) is 0 Å². The third kappa shape index (κ3) is 4.83. The van der Waals surface area contributed by atoms with Crippen LogP contribution in [0.2, 0.25) is 5.02 Å². The molecule has 0 aliphatic heterocycles. The standard InChI is InChI=1S/C20H16ClN3O3/c1-27-20(26)13-2-6-17(7-3-13)24-19(25)14-10-18(12-22-11-14)23-16-8-4-15(21)5-9-16/h2-12,23H,1H3,(H,24,25). The van der Waals surface area contributed by atoms with E-state index in [0.29, 0.717) is 27.5 Å². The van der Waals surface area contributed by atoms with Gasteiger partial charge in [-0.05, 0) is 54.6 Å². The number of pyridine rings is 1. The van der Waals surface area contributed by atoms with Gasteiger partial charge in [-0.1, -0.05) is 11.6 Å². The van der Waals surface area contributed by atoms with Gasteiger partial charge in [-0.3, -0.25) is 9.78 Å². The fourth-order valence-corrected chi connectivity index (χ4v) is 2.47. The number of esters is 1. The highest BCUT2D eigenvalue weighted by Crippen LogP contribution is 2.20. The molecule has 0 saturated heterocycles. The number of benzene rings is 2. The van der Waals surface area contributed by atoms with Gasteiger partial charge in [-0.25, -0.2) is 4.79 Å². The number of methoxy groups -OCH3 is 1. The van der Waals surface area contributed by atoms with Crippen molar-refractivity contribution in [1.82, 2.24) is 4.98 Å². The molecule has 0 radical (unpaired) electrons. The maximum atomic E-state index is 12.5. The summed E-state index contributed by atoms with van der Waals surface area (Å²) >= 11 is 5.88. The monoisotopic (exact) mass is 381 g/mol. The van der Waals surface area contributed by atoms with Crippen LogP contribution in [0.4, 0.5) is 17.1 Å². The molecule has 1 heterocycles. The molecule has 2 N–H and O–H groups in total. The highest BCUT2D eigenvalue weighted by atomic mass is 35.5. The number of nitrogens with zero attached hydrogens (tertiary/aromatic N) is 1. The van der Waals surface area contributed by atoms with Gasteiger partial charge in [0.25, 0.3) is 5.91 Å². The van der Waals surface area contributed by atoms with E-state index in [9.17, 15) is 9.59 Å². The van der Waals surface area contributed by atoms with Gasteiger partial charge in [0.05, 0.1) is 30.1 Å². The Balaban J connectivity index is 1.69. The van der Waals surface area contributed by atoms with Gasteiger partial charge in [0, 0.05) is 22.6 Å². The van der Waals surface area contributed by atoms with Crippen LogP contribution in [0, 0.1) is 0 Å². The number of hydrogen-bond acceptors (Lipinski definition) is 5. The van der Waals surface area contributed by atoms with Gasteiger partial charge in [0.1, 0.15) is 0 Å². The molecule has 2 aromatic carbocycles. The summed E-state index contributed by atoms with van der Waals surface area (Å²) in [6, 6.07) is 15.3. The van der Waals surface area contributed by atoms with Crippen LogP contribution in [0.15, 0.2) is 67.0 Å². The van der Waals surface area contributed by atoms with Gasteiger partial charge in [-0.2, -0.15) is 0 Å². The smallest absolute Gasteiger partial charge is 0.337 e. The predicted octanol–water partition coefficient (Wildman–Crippen LogP) is 4.52. The third-order valence-electron chi connectivity index (χ3n) is 3.70. The number of anilines is 3. The van der Waals surface area contributed by atoms with E-state index in [1.807, 2.05) is 12.1 Å². The van der Waals surface area contributed by atoms with E-state index in [4.69, 9.17) is 11.6 Å². The Morgan fingerprint density at radius 3 is 2.22 bits per heavy atom. The Morgan fingerprint density at radius 1 is 0.889 bits per heavy atom. The van der Waals surface area contributed by atoms with Gasteiger partial charge in [0.15, 0.2) is 0 Å². The first-order valence-electron chi connectivity index (χ1n) is 8.02. The average Bonchev–Trinajstić information content (AvgIpc) is 2.70. The molecule has 0 saturated carbocycles. The van der Waals surface area contributed by atoms with Crippen molar-refractivity contribution in [1.29, 1.82) is 0 Å². The number of carbonyl (C=O) groups excluding carboxylic acids is 2. The maximum Gasteiger partial charge on any atom is 0.337 e. The van der Waals surface area contributed by atoms with Crippen LogP contribution >= 0.6 is 11.6 Å². The molecule has 0 bridgehead atoms. The van der Waals surface area contributed by atoms with Crippen LogP contribution in [0.1, 0.15) is 20.7 Å². The highest BCUT2D eigenvalue weighted by molar-refractivity contribution is 6.30. The Hall–Kier alpha value is -3.38. The largest absolute Gasteiger partial charge is 0.465 e. The van der Waals surface area contributed by atoms with E-state index in [-0.39, 0.29) is 5.91 Å². The van der Waals surface area contributed by atoms with E-state index in [1.165, 1.54) is 13.3 Å². The molecule has 0 atom stereocenters. The predicted molar refractivity (Wildman–Crippen MR) is 105 cm³/mol. The summed E-state index contributed by atoms with van der Waals surface area (Å²) in [7, 11) is 1.32. The van der Waals surface area contributed by atoms with Crippen LogP contribution in [0.25, 0.3) is 0 Å².